The Balaban J connectivity index is 1.81. The molecule has 1 fully saturated rings. The molecule has 164 valence electrons. The maximum absolute atomic E-state index is 12.7. The monoisotopic (exact) mass is 430 g/mol. The third kappa shape index (κ3) is 6.06. The molecule has 0 aliphatic carbocycles. The Morgan fingerprint density at radius 2 is 2.07 bits per heavy atom. The van der Waals surface area contributed by atoms with Gasteiger partial charge in [0.25, 0.3) is 0 Å². The molecule has 2 heterocycles. The van der Waals surface area contributed by atoms with Crippen LogP contribution in [0.1, 0.15) is 30.2 Å². The molecule has 1 amide bonds. The second-order valence-corrected chi connectivity index (χ2v) is 9.57. The molecule has 0 unspecified atom stereocenters. The molecule has 1 aliphatic rings. The number of ether oxygens (including phenoxy) is 2. The lowest BCUT2D eigenvalue weighted by Crippen LogP contribution is -2.41. The minimum atomic E-state index is 0.0762. The van der Waals surface area contributed by atoms with Gasteiger partial charge in [-0.2, -0.15) is 0 Å². The molecule has 1 aliphatic heterocycles. The SMILES string of the molecule is COCC(=O)N(CC(C)C)C[C@H]1CN(Cc2cccs2)C[C@H]1c1cccc(OC)c1. The van der Waals surface area contributed by atoms with Crippen LogP contribution in [0.2, 0.25) is 0 Å². The fourth-order valence-corrected chi connectivity index (χ4v) is 5.11. The van der Waals surface area contributed by atoms with Crippen LogP contribution in [0.3, 0.4) is 0 Å². The minimum absolute atomic E-state index is 0.0762. The van der Waals surface area contributed by atoms with Crippen molar-refractivity contribution in [3.63, 3.8) is 0 Å². The fourth-order valence-electron chi connectivity index (χ4n) is 4.36. The van der Waals surface area contributed by atoms with Crippen LogP contribution in [0.5, 0.6) is 5.75 Å². The lowest BCUT2D eigenvalue weighted by molar-refractivity contribution is -0.136. The van der Waals surface area contributed by atoms with Crippen molar-refractivity contribution in [3.05, 3.63) is 52.2 Å². The summed E-state index contributed by atoms with van der Waals surface area (Å²) in [5.41, 5.74) is 1.29. The van der Waals surface area contributed by atoms with E-state index in [-0.39, 0.29) is 12.5 Å². The molecule has 3 rings (SSSR count). The second kappa shape index (κ2) is 10.9. The van der Waals surface area contributed by atoms with Crippen molar-refractivity contribution in [1.29, 1.82) is 0 Å². The maximum Gasteiger partial charge on any atom is 0.248 e. The molecule has 0 N–H and O–H groups in total. The van der Waals surface area contributed by atoms with E-state index < -0.39 is 0 Å². The van der Waals surface area contributed by atoms with Crippen molar-refractivity contribution >= 4 is 17.2 Å². The third-order valence-corrected chi connectivity index (χ3v) is 6.52. The second-order valence-electron chi connectivity index (χ2n) is 8.54. The van der Waals surface area contributed by atoms with Crippen molar-refractivity contribution in [2.24, 2.45) is 11.8 Å². The van der Waals surface area contributed by atoms with Crippen LogP contribution in [0.4, 0.5) is 0 Å². The average Bonchev–Trinajstić information content (AvgIpc) is 3.37. The molecule has 1 aromatic carbocycles. The van der Waals surface area contributed by atoms with Gasteiger partial charge in [0, 0.05) is 50.6 Å². The van der Waals surface area contributed by atoms with Gasteiger partial charge in [-0.1, -0.05) is 32.0 Å². The highest BCUT2D eigenvalue weighted by Gasteiger charge is 2.36. The highest BCUT2D eigenvalue weighted by Crippen LogP contribution is 2.36. The number of carbonyl (C=O) groups excluding carboxylic acids is 1. The molecule has 2 atom stereocenters. The standard InChI is InChI=1S/C24H34N2O3S/c1-18(2)12-26(24(27)17-28-3)14-20-13-25(15-22-9-6-10-30-22)16-23(20)19-7-5-8-21(11-19)29-4/h5-11,18,20,23H,12-17H2,1-4H3/t20-,23+/m1/s1. The van der Waals surface area contributed by atoms with Crippen LogP contribution in [0.25, 0.3) is 0 Å². The molecule has 5 nitrogen and oxygen atoms in total. The van der Waals surface area contributed by atoms with Crippen molar-refractivity contribution in [2.75, 3.05) is 47.0 Å². The van der Waals surface area contributed by atoms with Gasteiger partial charge >= 0.3 is 0 Å². The van der Waals surface area contributed by atoms with Gasteiger partial charge in [-0.15, -0.1) is 11.3 Å². The van der Waals surface area contributed by atoms with Crippen LogP contribution < -0.4 is 4.74 Å². The molecule has 0 bridgehead atoms. The first-order valence-corrected chi connectivity index (χ1v) is 11.5. The number of hydrogen-bond donors (Lipinski definition) is 0. The van der Waals surface area contributed by atoms with E-state index in [4.69, 9.17) is 9.47 Å². The first-order chi connectivity index (χ1) is 14.5. The lowest BCUT2D eigenvalue weighted by atomic mass is 9.88. The lowest BCUT2D eigenvalue weighted by Gasteiger charge is -2.30. The summed E-state index contributed by atoms with van der Waals surface area (Å²) >= 11 is 1.81. The average molecular weight is 431 g/mol. The summed E-state index contributed by atoms with van der Waals surface area (Å²) in [4.78, 5) is 18.6. The van der Waals surface area contributed by atoms with Gasteiger partial charge in [-0.3, -0.25) is 9.69 Å². The molecule has 2 aromatic rings. The normalized spacial score (nSPS) is 19.4. The quantitative estimate of drug-likeness (QED) is 0.569. The van der Waals surface area contributed by atoms with Gasteiger partial charge in [0.1, 0.15) is 12.4 Å². The highest BCUT2D eigenvalue weighted by molar-refractivity contribution is 7.09. The van der Waals surface area contributed by atoms with Crippen LogP contribution in [0.15, 0.2) is 41.8 Å². The molecule has 1 saturated heterocycles. The van der Waals surface area contributed by atoms with E-state index in [0.29, 0.717) is 17.8 Å². The molecule has 30 heavy (non-hydrogen) atoms. The van der Waals surface area contributed by atoms with Gasteiger partial charge in [0.05, 0.1) is 7.11 Å². The Morgan fingerprint density at radius 1 is 1.23 bits per heavy atom. The predicted molar refractivity (Wildman–Crippen MR) is 122 cm³/mol. The zero-order valence-corrected chi connectivity index (χ0v) is 19.4. The first-order valence-electron chi connectivity index (χ1n) is 10.7. The summed E-state index contributed by atoms with van der Waals surface area (Å²) in [7, 11) is 3.30. The summed E-state index contributed by atoms with van der Waals surface area (Å²) in [5, 5.41) is 2.14. The van der Waals surface area contributed by atoms with Gasteiger partial charge < -0.3 is 14.4 Å². The number of amides is 1. The van der Waals surface area contributed by atoms with E-state index >= 15 is 0 Å². The molecular weight excluding hydrogens is 396 g/mol. The van der Waals surface area contributed by atoms with E-state index in [1.807, 2.05) is 11.0 Å². The van der Waals surface area contributed by atoms with E-state index in [9.17, 15) is 4.79 Å². The Bertz CT molecular complexity index is 794. The molecular formula is C24H34N2O3S. The molecule has 0 saturated carbocycles. The van der Waals surface area contributed by atoms with Crippen LogP contribution in [-0.4, -0.2) is 62.7 Å². The highest BCUT2D eigenvalue weighted by atomic mass is 32.1. The molecule has 0 radical (unpaired) electrons. The Labute approximate surface area is 184 Å². The summed E-state index contributed by atoms with van der Waals surface area (Å²) in [6, 6.07) is 12.7. The minimum Gasteiger partial charge on any atom is -0.497 e. The molecule has 0 spiro atoms. The molecule has 6 heteroatoms. The summed E-state index contributed by atoms with van der Waals surface area (Å²) in [6.07, 6.45) is 0. The number of rotatable bonds is 10. The van der Waals surface area contributed by atoms with Crippen LogP contribution in [-0.2, 0) is 16.1 Å². The number of nitrogens with zero attached hydrogens (tertiary/aromatic N) is 2. The molecule has 1 aromatic heterocycles. The number of methoxy groups -OCH3 is 2. The number of thiophene rings is 1. The van der Waals surface area contributed by atoms with Gasteiger partial charge in [-0.25, -0.2) is 0 Å². The number of likely N-dealkylation sites (tertiary alicyclic amines) is 1. The zero-order valence-electron chi connectivity index (χ0n) is 18.5. The van der Waals surface area contributed by atoms with Crippen molar-refractivity contribution < 1.29 is 14.3 Å². The largest absolute Gasteiger partial charge is 0.497 e. The Morgan fingerprint density at radius 3 is 2.73 bits per heavy atom. The van der Waals surface area contributed by atoms with Crippen LogP contribution >= 0.6 is 11.3 Å². The third-order valence-electron chi connectivity index (χ3n) is 5.66. The van der Waals surface area contributed by atoms with Gasteiger partial charge in [-0.05, 0) is 41.0 Å². The number of hydrogen-bond acceptors (Lipinski definition) is 5. The van der Waals surface area contributed by atoms with E-state index in [1.54, 1.807) is 25.6 Å². The zero-order chi connectivity index (χ0) is 21.5. The van der Waals surface area contributed by atoms with Crippen molar-refractivity contribution in [1.82, 2.24) is 9.80 Å². The fraction of sp³-hybridized carbons (Fsp3) is 0.542. The smallest absolute Gasteiger partial charge is 0.248 e. The van der Waals surface area contributed by atoms with E-state index in [2.05, 4.69) is 54.5 Å². The van der Waals surface area contributed by atoms with Crippen molar-refractivity contribution in [3.8, 4) is 5.75 Å². The topological polar surface area (TPSA) is 42.0 Å². The van der Waals surface area contributed by atoms with E-state index in [0.717, 1.165) is 38.5 Å². The summed E-state index contributed by atoms with van der Waals surface area (Å²) in [5.74, 6) is 2.12. The Hall–Kier alpha value is -1.89. The summed E-state index contributed by atoms with van der Waals surface area (Å²) < 4.78 is 10.6. The summed E-state index contributed by atoms with van der Waals surface area (Å²) in [6.45, 7) is 8.90. The first kappa shape index (κ1) is 22.8. The van der Waals surface area contributed by atoms with Crippen LogP contribution in [0, 0.1) is 11.8 Å². The predicted octanol–water partition coefficient (Wildman–Crippen LogP) is 4.10. The Kier molecular flexibility index (Phi) is 8.31. The van der Waals surface area contributed by atoms with Gasteiger partial charge in [0.15, 0.2) is 0 Å². The van der Waals surface area contributed by atoms with E-state index in [1.165, 1.54) is 10.4 Å². The number of carbonyl (C=O) groups is 1. The van der Waals surface area contributed by atoms with Crippen molar-refractivity contribution in [2.45, 2.75) is 26.3 Å². The van der Waals surface area contributed by atoms with Gasteiger partial charge in [0.2, 0.25) is 5.91 Å². The number of benzene rings is 1. The maximum atomic E-state index is 12.7.